The van der Waals surface area contributed by atoms with Crippen LogP contribution in [0, 0.1) is 0 Å². The highest BCUT2D eigenvalue weighted by atomic mass is 35.5. The van der Waals surface area contributed by atoms with Crippen LogP contribution in [0.3, 0.4) is 0 Å². The minimum atomic E-state index is -0.316. The fraction of sp³-hybridized carbons (Fsp3) is 0.250. The molecule has 1 fully saturated rings. The summed E-state index contributed by atoms with van der Waals surface area (Å²) in [6.45, 7) is 0. The maximum Gasteiger partial charge on any atom is 0.255 e. The van der Waals surface area contributed by atoms with Gasteiger partial charge in [-0.15, -0.1) is 0 Å². The number of hydrogen-bond donors (Lipinski definition) is 1. The number of ether oxygens (including phenoxy) is 2. The van der Waals surface area contributed by atoms with Crippen LogP contribution in [0.4, 0.5) is 5.69 Å². The number of carbonyl (C=O) groups is 1. The van der Waals surface area contributed by atoms with E-state index >= 15 is 0 Å². The van der Waals surface area contributed by atoms with Crippen LogP contribution < -0.4 is 14.8 Å². The molecule has 1 aliphatic rings. The second-order valence-electron chi connectivity index (χ2n) is 6.45. The van der Waals surface area contributed by atoms with E-state index in [2.05, 4.69) is 15.5 Å². The van der Waals surface area contributed by atoms with Gasteiger partial charge in [0.25, 0.3) is 5.91 Å². The molecule has 0 aliphatic heterocycles. The van der Waals surface area contributed by atoms with E-state index in [1.165, 1.54) is 14.2 Å². The van der Waals surface area contributed by atoms with Gasteiger partial charge < -0.3 is 19.3 Å². The Hall–Kier alpha value is -3.06. The van der Waals surface area contributed by atoms with Crippen molar-refractivity contribution in [3.05, 3.63) is 52.9 Å². The Labute approximate surface area is 166 Å². The number of carbonyl (C=O) groups excluding carboxylic acids is 1. The van der Waals surface area contributed by atoms with Crippen LogP contribution in [0.5, 0.6) is 11.5 Å². The van der Waals surface area contributed by atoms with Gasteiger partial charge in [-0.25, -0.2) is 0 Å². The standard InChI is InChI=1S/C20H18ClN3O4/c1-26-14-9-15(21)17(16(10-14)27-2)22-19(25)12-5-3-11(4-6-12)18-23-20(28-24-18)13-7-8-13/h3-6,9-10,13H,7-8H2,1-2H3,(H,22,25). The number of hydrogen-bond acceptors (Lipinski definition) is 6. The molecule has 1 aliphatic carbocycles. The van der Waals surface area contributed by atoms with Crippen molar-refractivity contribution in [2.45, 2.75) is 18.8 Å². The van der Waals surface area contributed by atoms with Crippen LogP contribution in [-0.4, -0.2) is 30.3 Å². The summed E-state index contributed by atoms with van der Waals surface area (Å²) in [5.41, 5.74) is 1.63. The van der Waals surface area contributed by atoms with E-state index in [9.17, 15) is 4.79 Å². The van der Waals surface area contributed by atoms with Gasteiger partial charge in [-0.05, 0) is 25.0 Å². The quantitative estimate of drug-likeness (QED) is 0.655. The van der Waals surface area contributed by atoms with Crippen LogP contribution in [-0.2, 0) is 0 Å². The van der Waals surface area contributed by atoms with Gasteiger partial charge in [0, 0.05) is 29.2 Å². The summed E-state index contributed by atoms with van der Waals surface area (Å²) in [5, 5.41) is 7.11. The minimum absolute atomic E-state index is 0.316. The Morgan fingerprint density at radius 2 is 1.93 bits per heavy atom. The summed E-state index contributed by atoms with van der Waals surface area (Å²) in [6.07, 6.45) is 2.19. The predicted molar refractivity (Wildman–Crippen MR) is 104 cm³/mol. The average Bonchev–Trinajstić information content (AvgIpc) is 3.46. The van der Waals surface area contributed by atoms with Gasteiger partial charge in [-0.2, -0.15) is 4.98 Å². The highest BCUT2D eigenvalue weighted by Crippen LogP contribution is 2.39. The molecule has 1 N–H and O–H groups in total. The molecule has 0 atom stereocenters. The second kappa shape index (κ2) is 7.52. The fourth-order valence-electron chi connectivity index (χ4n) is 2.76. The first kappa shape index (κ1) is 18.3. The molecule has 2 aromatic carbocycles. The monoisotopic (exact) mass is 399 g/mol. The normalized spacial score (nSPS) is 13.2. The Kier molecular flexibility index (Phi) is 4.92. The molecular formula is C20H18ClN3O4. The SMILES string of the molecule is COc1cc(Cl)c(NC(=O)c2ccc(-c3noc(C4CC4)n3)cc2)c(OC)c1. The summed E-state index contributed by atoms with van der Waals surface area (Å²) in [7, 11) is 3.03. The first-order chi connectivity index (χ1) is 13.6. The lowest BCUT2D eigenvalue weighted by Gasteiger charge is -2.13. The van der Waals surface area contributed by atoms with E-state index in [4.69, 9.17) is 25.6 Å². The van der Waals surface area contributed by atoms with Crippen molar-refractivity contribution in [2.24, 2.45) is 0 Å². The number of rotatable bonds is 6. The van der Waals surface area contributed by atoms with Crippen molar-refractivity contribution in [1.82, 2.24) is 10.1 Å². The Balaban J connectivity index is 1.52. The van der Waals surface area contributed by atoms with E-state index < -0.39 is 0 Å². The zero-order chi connectivity index (χ0) is 19.7. The number of nitrogens with one attached hydrogen (secondary N) is 1. The van der Waals surface area contributed by atoms with E-state index in [0.717, 1.165) is 18.4 Å². The first-order valence-corrected chi connectivity index (χ1v) is 9.13. The molecule has 1 aromatic heterocycles. The topological polar surface area (TPSA) is 86.5 Å². The summed E-state index contributed by atoms with van der Waals surface area (Å²) in [6, 6.07) is 10.2. The number of halogens is 1. The molecule has 4 rings (SSSR count). The number of amides is 1. The molecular weight excluding hydrogens is 382 g/mol. The lowest BCUT2D eigenvalue weighted by atomic mass is 10.1. The summed E-state index contributed by atoms with van der Waals surface area (Å²) in [5.74, 6) is 2.23. The van der Waals surface area contributed by atoms with Gasteiger partial charge in [-0.3, -0.25) is 4.79 Å². The zero-order valence-electron chi connectivity index (χ0n) is 15.4. The molecule has 1 amide bonds. The van der Waals surface area contributed by atoms with E-state index in [1.54, 1.807) is 36.4 Å². The zero-order valence-corrected chi connectivity index (χ0v) is 16.1. The second-order valence-corrected chi connectivity index (χ2v) is 6.86. The van der Waals surface area contributed by atoms with Crippen molar-refractivity contribution >= 4 is 23.2 Å². The fourth-order valence-corrected chi connectivity index (χ4v) is 3.01. The number of anilines is 1. The predicted octanol–water partition coefficient (Wildman–Crippen LogP) is 4.54. The number of benzene rings is 2. The lowest BCUT2D eigenvalue weighted by Crippen LogP contribution is -2.13. The van der Waals surface area contributed by atoms with Crippen molar-refractivity contribution in [2.75, 3.05) is 19.5 Å². The minimum Gasteiger partial charge on any atom is -0.497 e. The summed E-state index contributed by atoms with van der Waals surface area (Å²) < 4.78 is 15.7. The molecule has 8 heteroatoms. The maximum absolute atomic E-state index is 12.6. The third-order valence-electron chi connectivity index (χ3n) is 4.50. The van der Waals surface area contributed by atoms with Crippen molar-refractivity contribution in [3.63, 3.8) is 0 Å². The molecule has 0 radical (unpaired) electrons. The van der Waals surface area contributed by atoms with E-state index in [1.807, 2.05) is 0 Å². The molecule has 1 heterocycles. The van der Waals surface area contributed by atoms with E-state index in [-0.39, 0.29) is 5.91 Å². The largest absolute Gasteiger partial charge is 0.497 e. The summed E-state index contributed by atoms with van der Waals surface area (Å²) >= 11 is 6.26. The molecule has 0 saturated heterocycles. The number of aromatic nitrogens is 2. The highest BCUT2D eigenvalue weighted by molar-refractivity contribution is 6.34. The Morgan fingerprint density at radius 1 is 1.18 bits per heavy atom. The Morgan fingerprint density at radius 3 is 2.57 bits per heavy atom. The molecule has 7 nitrogen and oxygen atoms in total. The van der Waals surface area contributed by atoms with Crippen LogP contribution in [0.2, 0.25) is 5.02 Å². The molecule has 144 valence electrons. The van der Waals surface area contributed by atoms with Gasteiger partial charge in [0.1, 0.15) is 17.2 Å². The van der Waals surface area contributed by atoms with Crippen LogP contribution in [0.25, 0.3) is 11.4 Å². The van der Waals surface area contributed by atoms with Crippen LogP contribution >= 0.6 is 11.6 Å². The maximum atomic E-state index is 12.6. The van der Waals surface area contributed by atoms with Gasteiger partial charge >= 0.3 is 0 Å². The van der Waals surface area contributed by atoms with E-state index in [0.29, 0.717) is 45.4 Å². The first-order valence-electron chi connectivity index (χ1n) is 8.76. The Bertz CT molecular complexity index is 1010. The van der Waals surface area contributed by atoms with Crippen LogP contribution in [0.15, 0.2) is 40.9 Å². The van der Waals surface area contributed by atoms with Crippen molar-refractivity contribution in [3.8, 4) is 22.9 Å². The number of methoxy groups -OCH3 is 2. The van der Waals surface area contributed by atoms with Crippen LogP contribution in [0.1, 0.15) is 35.0 Å². The lowest BCUT2D eigenvalue weighted by molar-refractivity contribution is 0.102. The van der Waals surface area contributed by atoms with Crippen molar-refractivity contribution < 1.29 is 18.8 Å². The summed E-state index contributed by atoms with van der Waals surface area (Å²) in [4.78, 5) is 17.0. The molecule has 0 unspecified atom stereocenters. The van der Waals surface area contributed by atoms with Crippen molar-refractivity contribution in [1.29, 1.82) is 0 Å². The molecule has 0 bridgehead atoms. The average molecular weight is 400 g/mol. The molecule has 0 spiro atoms. The molecule has 1 saturated carbocycles. The highest BCUT2D eigenvalue weighted by Gasteiger charge is 2.29. The van der Waals surface area contributed by atoms with Gasteiger partial charge in [0.15, 0.2) is 0 Å². The molecule has 28 heavy (non-hydrogen) atoms. The van der Waals surface area contributed by atoms with Gasteiger partial charge in [0.2, 0.25) is 11.7 Å². The smallest absolute Gasteiger partial charge is 0.255 e. The van der Waals surface area contributed by atoms with Gasteiger partial charge in [0.05, 0.1) is 19.2 Å². The molecule has 3 aromatic rings. The number of nitrogens with zero attached hydrogens (tertiary/aromatic N) is 2. The van der Waals surface area contributed by atoms with Gasteiger partial charge in [-0.1, -0.05) is 28.9 Å². The third-order valence-corrected chi connectivity index (χ3v) is 4.79. The third kappa shape index (κ3) is 3.66.